The average Bonchev–Trinajstić information content (AvgIpc) is 2.34. The molecule has 0 spiro atoms. The third kappa shape index (κ3) is 4.55. The number of rotatable bonds is 5. The quantitative estimate of drug-likeness (QED) is 0.451. The van der Waals surface area contributed by atoms with Gasteiger partial charge < -0.3 is 8.85 Å². The second kappa shape index (κ2) is 6.65. The van der Waals surface area contributed by atoms with Gasteiger partial charge in [0, 0.05) is 0 Å². The Morgan fingerprint density at radius 3 is 0.917 bits per heavy atom. The maximum atomic E-state index is 6.61. The van der Waals surface area contributed by atoms with E-state index in [-0.39, 0.29) is 10.1 Å². The molecular weight excluding hydrogens is 328 g/mol. The molecule has 0 heterocycles. The van der Waals surface area contributed by atoms with E-state index in [4.69, 9.17) is 21.7 Å². The van der Waals surface area contributed by atoms with Crippen LogP contribution in [-0.4, -0.2) is 27.8 Å². The van der Waals surface area contributed by atoms with Crippen molar-refractivity contribution >= 4 is 16.6 Å². The predicted molar refractivity (Wildman–Crippen MR) is 111 cm³/mol. The molecule has 0 radical (unpaired) electrons. The lowest BCUT2D eigenvalue weighted by molar-refractivity contribution is -0.0371. The van der Waals surface area contributed by atoms with E-state index in [1.54, 1.807) is 0 Å². The van der Waals surface area contributed by atoms with E-state index in [1.165, 1.54) is 0 Å². The average molecular weight is 367 g/mol. The highest BCUT2D eigenvalue weighted by Gasteiger charge is 2.54. The highest BCUT2D eigenvalue weighted by Crippen LogP contribution is 2.45. The van der Waals surface area contributed by atoms with E-state index in [0.29, 0.717) is 0 Å². The van der Waals surface area contributed by atoms with Crippen molar-refractivity contribution in [2.45, 2.75) is 103 Å². The summed E-state index contributed by atoms with van der Waals surface area (Å²) < 4.78 is 13.2. The Balaban J connectivity index is 6.00. The number of terminal acetylenes is 2. The lowest BCUT2D eigenvalue weighted by atomic mass is 9.87. The van der Waals surface area contributed by atoms with Crippen molar-refractivity contribution in [3.8, 4) is 24.7 Å². The van der Waals surface area contributed by atoms with E-state index in [0.717, 1.165) is 0 Å². The maximum Gasteiger partial charge on any atom is 0.194 e. The van der Waals surface area contributed by atoms with Gasteiger partial charge in [0.05, 0.1) is 0 Å². The van der Waals surface area contributed by atoms with Gasteiger partial charge in [-0.3, -0.25) is 0 Å². The van der Waals surface area contributed by atoms with Crippen LogP contribution in [0.25, 0.3) is 0 Å². The molecule has 0 aliphatic carbocycles. The largest absolute Gasteiger partial charge is 0.398 e. The van der Waals surface area contributed by atoms with E-state index in [1.807, 2.05) is 13.8 Å². The number of hydrogen-bond acceptors (Lipinski definition) is 2. The Labute approximate surface area is 153 Å². The Hall–Kier alpha value is -0.526. The lowest BCUT2D eigenvalue weighted by Gasteiger charge is -2.51. The predicted octanol–water partition coefficient (Wildman–Crippen LogP) is 5.81. The van der Waals surface area contributed by atoms with Gasteiger partial charge in [-0.2, -0.15) is 0 Å². The molecule has 24 heavy (non-hydrogen) atoms. The normalized spacial score (nSPS) is 18.9. The molecule has 0 saturated carbocycles. The van der Waals surface area contributed by atoms with Crippen LogP contribution in [0.2, 0.25) is 36.3 Å². The minimum atomic E-state index is -2.11. The van der Waals surface area contributed by atoms with Crippen LogP contribution in [0.3, 0.4) is 0 Å². The molecule has 0 aromatic heterocycles. The SMILES string of the molecule is C#CC(C)(O[Si](C)(C)C(C)(C)C)C(C)(C#C)O[Si](C)(C)C(C)(C)C. The van der Waals surface area contributed by atoms with Crippen molar-refractivity contribution in [3.63, 3.8) is 0 Å². The first-order valence-electron chi connectivity index (χ1n) is 8.64. The van der Waals surface area contributed by atoms with Crippen LogP contribution >= 0.6 is 0 Å². The zero-order chi connectivity index (χ0) is 19.8. The first-order chi connectivity index (χ1) is 10.3. The van der Waals surface area contributed by atoms with Crippen molar-refractivity contribution in [1.82, 2.24) is 0 Å². The fraction of sp³-hybridized carbons (Fsp3) is 0.800. The van der Waals surface area contributed by atoms with Crippen molar-refractivity contribution in [2.24, 2.45) is 0 Å². The van der Waals surface area contributed by atoms with Gasteiger partial charge in [-0.25, -0.2) is 0 Å². The summed E-state index contributed by atoms with van der Waals surface area (Å²) in [5.41, 5.74) is -1.94. The molecule has 2 nitrogen and oxygen atoms in total. The molecule has 0 aromatic carbocycles. The Morgan fingerprint density at radius 2 is 0.792 bits per heavy atom. The summed E-state index contributed by atoms with van der Waals surface area (Å²) in [4.78, 5) is 0. The molecular formula is C20H38O2Si2. The van der Waals surface area contributed by atoms with Crippen molar-refractivity contribution in [3.05, 3.63) is 0 Å². The summed E-state index contributed by atoms with van der Waals surface area (Å²) in [6.07, 6.45) is 11.9. The van der Waals surface area contributed by atoms with E-state index in [2.05, 4.69) is 79.6 Å². The second-order valence-electron chi connectivity index (χ2n) is 10.1. The molecule has 4 heteroatoms. The molecule has 0 bridgehead atoms. The van der Waals surface area contributed by atoms with Gasteiger partial charge in [0.25, 0.3) is 0 Å². The third-order valence-electron chi connectivity index (χ3n) is 5.99. The summed E-state index contributed by atoms with van der Waals surface area (Å²) in [6, 6.07) is 0. The van der Waals surface area contributed by atoms with Crippen LogP contribution in [0.1, 0.15) is 55.4 Å². The highest BCUT2D eigenvalue weighted by molar-refractivity contribution is 6.74. The topological polar surface area (TPSA) is 18.5 Å². The fourth-order valence-electron chi connectivity index (χ4n) is 1.86. The first kappa shape index (κ1) is 23.5. The van der Waals surface area contributed by atoms with Crippen LogP contribution in [0.15, 0.2) is 0 Å². The van der Waals surface area contributed by atoms with Crippen molar-refractivity contribution < 1.29 is 8.85 Å². The zero-order valence-corrected chi connectivity index (χ0v) is 20.0. The molecule has 0 aliphatic rings. The minimum absolute atomic E-state index is 0.0393. The fourth-order valence-corrected chi connectivity index (χ4v) is 5.02. The molecule has 0 saturated heterocycles. The molecule has 138 valence electrons. The van der Waals surface area contributed by atoms with Gasteiger partial charge in [0.2, 0.25) is 0 Å². The van der Waals surface area contributed by atoms with Crippen LogP contribution in [0.5, 0.6) is 0 Å². The maximum absolute atomic E-state index is 6.61. The molecule has 0 amide bonds. The third-order valence-corrected chi connectivity index (χ3v) is 15.1. The first-order valence-corrected chi connectivity index (χ1v) is 14.5. The number of hydrogen-bond donors (Lipinski definition) is 0. The molecule has 2 atom stereocenters. The Kier molecular flexibility index (Phi) is 6.50. The van der Waals surface area contributed by atoms with E-state index in [9.17, 15) is 0 Å². The van der Waals surface area contributed by atoms with Gasteiger partial charge in [0.15, 0.2) is 27.8 Å². The summed E-state index contributed by atoms with van der Waals surface area (Å²) in [5, 5.41) is 0.0786. The van der Waals surface area contributed by atoms with E-state index < -0.39 is 27.8 Å². The zero-order valence-electron chi connectivity index (χ0n) is 18.0. The minimum Gasteiger partial charge on any atom is -0.398 e. The lowest BCUT2D eigenvalue weighted by Crippen LogP contribution is -2.62. The molecule has 0 fully saturated rings. The Morgan fingerprint density at radius 1 is 0.583 bits per heavy atom. The van der Waals surface area contributed by atoms with Crippen molar-refractivity contribution in [1.29, 1.82) is 0 Å². The monoisotopic (exact) mass is 366 g/mol. The van der Waals surface area contributed by atoms with Gasteiger partial charge in [0.1, 0.15) is 0 Å². The van der Waals surface area contributed by atoms with Crippen LogP contribution in [-0.2, 0) is 8.85 Å². The Bertz CT molecular complexity index is 488. The van der Waals surface area contributed by atoms with Crippen molar-refractivity contribution in [2.75, 3.05) is 0 Å². The van der Waals surface area contributed by atoms with Gasteiger partial charge in [-0.1, -0.05) is 53.4 Å². The van der Waals surface area contributed by atoms with Crippen LogP contribution in [0.4, 0.5) is 0 Å². The summed E-state index contributed by atoms with van der Waals surface area (Å²) in [6.45, 7) is 25.7. The van der Waals surface area contributed by atoms with Gasteiger partial charge in [-0.15, -0.1) is 12.8 Å². The molecule has 0 N–H and O–H groups in total. The standard InChI is InChI=1S/C20H38O2Si2/c1-15-19(9,21-23(11,12)17(3,4)5)20(10,16-2)22-24(13,14)18(6,7)8/h1-2H,3-14H3. The molecule has 0 aromatic rings. The smallest absolute Gasteiger partial charge is 0.194 e. The van der Waals surface area contributed by atoms with Gasteiger partial charge in [-0.05, 0) is 50.1 Å². The van der Waals surface area contributed by atoms with Crippen LogP contribution in [0, 0.1) is 24.7 Å². The second-order valence-corrected chi connectivity index (χ2v) is 19.5. The van der Waals surface area contributed by atoms with E-state index >= 15 is 0 Å². The van der Waals surface area contributed by atoms with Gasteiger partial charge >= 0.3 is 0 Å². The summed E-state index contributed by atoms with van der Waals surface area (Å²) in [7, 11) is -4.22. The summed E-state index contributed by atoms with van der Waals surface area (Å²) in [5.74, 6) is 5.68. The molecule has 2 unspecified atom stereocenters. The molecule has 0 aliphatic heterocycles. The highest BCUT2D eigenvalue weighted by atomic mass is 28.4. The van der Waals surface area contributed by atoms with Crippen LogP contribution < -0.4 is 0 Å². The summed E-state index contributed by atoms with van der Waals surface area (Å²) >= 11 is 0. The molecule has 0 rings (SSSR count).